The molecule has 5 rings (SSSR count). The lowest BCUT2D eigenvalue weighted by molar-refractivity contribution is -0.233. The first-order valence-corrected chi connectivity index (χ1v) is 13.8. The van der Waals surface area contributed by atoms with Crippen molar-refractivity contribution in [1.29, 1.82) is 5.26 Å². The van der Waals surface area contributed by atoms with Gasteiger partial charge < -0.3 is 14.5 Å². The third-order valence-electron chi connectivity index (χ3n) is 8.30. The van der Waals surface area contributed by atoms with E-state index in [2.05, 4.69) is 35.0 Å². The van der Waals surface area contributed by atoms with Crippen molar-refractivity contribution < 1.29 is 14.4 Å². The molecule has 202 valence electrons. The summed E-state index contributed by atoms with van der Waals surface area (Å²) in [5, 5.41) is 11.6. The number of benzene rings is 1. The van der Waals surface area contributed by atoms with Crippen molar-refractivity contribution in [3.63, 3.8) is 0 Å². The predicted octanol–water partition coefficient (Wildman–Crippen LogP) is 4.46. The highest BCUT2D eigenvalue weighted by molar-refractivity contribution is 6.30. The maximum Gasteiger partial charge on any atom is 0.225 e. The van der Waals surface area contributed by atoms with Crippen molar-refractivity contribution in [2.45, 2.75) is 44.6 Å². The number of piperidine rings is 1. The average molecular weight is 538 g/mol. The Labute approximate surface area is 230 Å². The summed E-state index contributed by atoms with van der Waals surface area (Å²) in [7, 11) is 1.94. The molecule has 1 aliphatic carbocycles. The number of carbonyl (C=O) groups excluding carboxylic acids is 1. The Morgan fingerprint density at radius 3 is 2.55 bits per heavy atom. The van der Waals surface area contributed by atoms with Crippen LogP contribution in [0.25, 0.3) is 0 Å². The number of pyridine rings is 1. The molecule has 3 fully saturated rings. The normalized spacial score (nSPS) is 23.0. The van der Waals surface area contributed by atoms with E-state index in [4.69, 9.17) is 26.4 Å². The van der Waals surface area contributed by atoms with Gasteiger partial charge in [0.15, 0.2) is 6.79 Å². The lowest BCUT2D eigenvalue weighted by Crippen LogP contribution is -2.43. The molecule has 3 aliphatic rings. The van der Waals surface area contributed by atoms with Crippen molar-refractivity contribution in [1.82, 2.24) is 14.9 Å². The average Bonchev–Trinajstić information content (AvgIpc) is 3.51. The van der Waals surface area contributed by atoms with E-state index in [-0.39, 0.29) is 30.6 Å². The number of hydroxylamine groups is 2. The molecule has 1 aromatic heterocycles. The minimum atomic E-state index is -0.0110. The van der Waals surface area contributed by atoms with Crippen LogP contribution >= 0.6 is 11.6 Å². The number of hydrogen-bond donors (Lipinski definition) is 0. The summed E-state index contributed by atoms with van der Waals surface area (Å²) < 4.78 is 5.79. The smallest absolute Gasteiger partial charge is 0.225 e. The largest absolute Gasteiger partial charge is 0.357 e. The zero-order chi connectivity index (χ0) is 26.7. The van der Waals surface area contributed by atoms with Gasteiger partial charge in [0.2, 0.25) is 5.91 Å². The van der Waals surface area contributed by atoms with E-state index < -0.39 is 0 Å². The number of ether oxygens (including phenoxy) is 1. The van der Waals surface area contributed by atoms with E-state index in [9.17, 15) is 4.79 Å². The number of likely N-dealkylation sites (N-methyl/N-ethyl adjacent to an activating group) is 1. The van der Waals surface area contributed by atoms with Gasteiger partial charge in [-0.15, -0.1) is 0 Å². The van der Waals surface area contributed by atoms with Gasteiger partial charge in [-0.3, -0.25) is 9.63 Å². The van der Waals surface area contributed by atoms with Crippen LogP contribution in [0.3, 0.4) is 0 Å². The zero-order valence-electron chi connectivity index (χ0n) is 22.2. The van der Waals surface area contributed by atoms with E-state index in [0.717, 1.165) is 37.3 Å². The second kappa shape index (κ2) is 11.6. The third kappa shape index (κ3) is 6.29. The van der Waals surface area contributed by atoms with Crippen molar-refractivity contribution in [3.05, 3.63) is 58.7 Å². The van der Waals surface area contributed by atoms with Gasteiger partial charge in [-0.1, -0.05) is 30.7 Å². The maximum absolute atomic E-state index is 13.7. The van der Waals surface area contributed by atoms with E-state index >= 15 is 0 Å². The van der Waals surface area contributed by atoms with Gasteiger partial charge in [0.1, 0.15) is 11.9 Å². The van der Waals surface area contributed by atoms with Crippen LogP contribution in [0.2, 0.25) is 5.02 Å². The number of nitrogens with zero attached hydrogens (tertiary/aromatic N) is 5. The van der Waals surface area contributed by atoms with Crippen molar-refractivity contribution in [3.8, 4) is 6.07 Å². The first kappa shape index (κ1) is 26.9. The van der Waals surface area contributed by atoms with Crippen LogP contribution < -0.4 is 4.90 Å². The number of carbonyl (C=O) groups is 1. The zero-order valence-corrected chi connectivity index (χ0v) is 22.9. The quantitative estimate of drug-likeness (QED) is 0.265. The number of halogens is 1. The van der Waals surface area contributed by atoms with Crippen molar-refractivity contribution >= 4 is 23.3 Å². The third-order valence-corrected chi connectivity index (χ3v) is 8.56. The van der Waals surface area contributed by atoms with Crippen LogP contribution in [-0.2, 0) is 14.4 Å². The second-order valence-electron chi connectivity index (χ2n) is 11.2. The molecule has 2 aliphatic heterocycles. The van der Waals surface area contributed by atoms with Crippen molar-refractivity contribution in [2.75, 3.05) is 51.5 Å². The van der Waals surface area contributed by atoms with Gasteiger partial charge in [-0.25, -0.2) is 4.98 Å². The Morgan fingerprint density at radius 2 is 1.92 bits per heavy atom. The summed E-state index contributed by atoms with van der Waals surface area (Å²) in [6.45, 7) is 5.96. The van der Waals surface area contributed by atoms with E-state index in [1.165, 1.54) is 12.8 Å². The molecule has 1 saturated carbocycles. The first-order valence-electron chi connectivity index (χ1n) is 13.4. The molecule has 1 aromatic carbocycles. The van der Waals surface area contributed by atoms with E-state index in [1.54, 1.807) is 12.3 Å². The summed E-state index contributed by atoms with van der Waals surface area (Å²) in [5.41, 5.74) is 2.02. The number of anilines is 1. The molecular weight excluding hydrogens is 502 g/mol. The second-order valence-corrected chi connectivity index (χ2v) is 11.6. The molecule has 0 spiro atoms. The lowest BCUT2D eigenvalue weighted by Gasteiger charge is -2.34. The minimum absolute atomic E-state index is 0.0110. The molecule has 9 heteroatoms. The molecule has 0 unspecified atom stereocenters. The fourth-order valence-corrected chi connectivity index (χ4v) is 5.61. The molecular formula is C29H36ClN5O3. The Bertz CT molecular complexity index is 1140. The molecule has 2 saturated heterocycles. The first-order chi connectivity index (χ1) is 18.3. The Hall–Kier alpha value is -2.70. The van der Waals surface area contributed by atoms with Gasteiger partial charge in [0, 0.05) is 56.3 Å². The van der Waals surface area contributed by atoms with E-state index in [1.807, 2.05) is 35.2 Å². The Morgan fingerprint density at radius 1 is 1.18 bits per heavy atom. The van der Waals surface area contributed by atoms with Crippen LogP contribution in [0.4, 0.5) is 5.82 Å². The summed E-state index contributed by atoms with van der Waals surface area (Å²) >= 11 is 6.16. The number of nitriles is 1. The summed E-state index contributed by atoms with van der Waals surface area (Å²) in [4.78, 5) is 28.3. The lowest BCUT2D eigenvalue weighted by atomic mass is 9.94. The standard InChI is InChI=1S/C29H36ClN5O3/c1-29(11-12-29)19-37-20-38-33(2)26-18-35(17-25(26)22-4-6-24(30)7-5-22)28(36)23-9-13-34(14-10-23)27-8-3-21(15-31)16-32-27/h3-8,16,23,25-26H,9-14,17-20H2,1-2H3/t25-,26+/m0/s1. The number of hydrogen-bond acceptors (Lipinski definition) is 7. The summed E-state index contributed by atoms with van der Waals surface area (Å²) in [6, 6.07) is 13.7. The predicted molar refractivity (Wildman–Crippen MR) is 145 cm³/mol. The minimum Gasteiger partial charge on any atom is -0.357 e. The van der Waals surface area contributed by atoms with Crippen LogP contribution in [0.1, 0.15) is 49.7 Å². The SMILES string of the molecule is CN(OCOCC1(C)CC1)[C@@H]1CN(C(=O)C2CCN(c3ccc(C#N)cn3)CC2)C[C@H]1c1ccc(Cl)cc1. The topological polar surface area (TPSA) is 81.9 Å². The number of amides is 1. The number of aromatic nitrogens is 1. The van der Waals surface area contributed by atoms with Gasteiger partial charge in [-0.05, 0) is 60.9 Å². The van der Waals surface area contributed by atoms with Crippen LogP contribution in [0, 0.1) is 22.7 Å². The van der Waals surface area contributed by atoms with Gasteiger partial charge >= 0.3 is 0 Å². The highest BCUT2D eigenvalue weighted by atomic mass is 35.5. The van der Waals surface area contributed by atoms with Gasteiger partial charge in [0.25, 0.3) is 0 Å². The fraction of sp³-hybridized carbons (Fsp3) is 0.552. The molecule has 2 atom stereocenters. The molecule has 3 heterocycles. The fourth-order valence-electron chi connectivity index (χ4n) is 5.49. The molecule has 2 aromatic rings. The van der Waals surface area contributed by atoms with Crippen LogP contribution in [0.5, 0.6) is 0 Å². The number of rotatable bonds is 9. The molecule has 38 heavy (non-hydrogen) atoms. The molecule has 1 amide bonds. The number of likely N-dealkylation sites (tertiary alicyclic amines) is 1. The molecule has 0 bridgehead atoms. The highest BCUT2D eigenvalue weighted by Crippen LogP contribution is 2.45. The van der Waals surface area contributed by atoms with Crippen LogP contribution in [-0.4, -0.2) is 73.5 Å². The van der Waals surface area contributed by atoms with E-state index in [0.29, 0.717) is 35.7 Å². The Kier molecular flexibility index (Phi) is 8.20. The summed E-state index contributed by atoms with van der Waals surface area (Å²) in [6.07, 6.45) is 5.59. The van der Waals surface area contributed by atoms with Gasteiger partial charge in [0.05, 0.1) is 18.2 Å². The van der Waals surface area contributed by atoms with Crippen LogP contribution in [0.15, 0.2) is 42.6 Å². The highest BCUT2D eigenvalue weighted by Gasteiger charge is 2.42. The van der Waals surface area contributed by atoms with Gasteiger partial charge in [-0.2, -0.15) is 10.3 Å². The monoisotopic (exact) mass is 537 g/mol. The molecule has 8 nitrogen and oxygen atoms in total. The summed E-state index contributed by atoms with van der Waals surface area (Å²) in [5.74, 6) is 1.18. The Balaban J connectivity index is 1.20. The molecule has 0 N–H and O–H groups in total. The maximum atomic E-state index is 13.7. The molecule has 0 radical (unpaired) electrons. The van der Waals surface area contributed by atoms with Crippen molar-refractivity contribution in [2.24, 2.45) is 11.3 Å².